The van der Waals surface area contributed by atoms with E-state index >= 15 is 0 Å². The fourth-order valence-electron chi connectivity index (χ4n) is 2.27. The van der Waals surface area contributed by atoms with Gasteiger partial charge in [0, 0.05) is 5.56 Å². The van der Waals surface area contributed by atoms with Crippen molar-refractivity contribution < 1.29 is 14.6 Å². The normalized spacial score (nSPS) is 17.8. The zero-order valence-corrected chi connectivity index (χ0v) is 11.2. The van der Waals surface area contributed by atoms with Crippen LogP contribution in [0.15, 0.2) is 24.4 Å². The molecule has 20 heavy (non-hydrogen) atoms. The number of fused-ring (bicyclic) bond motifs is 1. The topological polar surface area (TPSA) is 90.4 Å². The van der Waals surface area contributed by atoms with Crippen LogP contribution in [0.5, 0.6) is 0 Å². The molecule has 2 aromatic rings. The Labute approximate surface area is 119 Å². The van der Waals surface area contributed by atoms with E-state index in [1.165, 1.54) is 6.07 Å². The van der Waals surface area contributed by atoms with Crippen molar-refractivity contribution in [2.45, 2.75) is 12.6 Å². The van der Waals surface area contributed by atoms with Crippen molar-refractivity contribution in [3.05, 3.63) is 46.2 Å². The summed E-state index contributed by atoms with van der Waals surface area (Å²) in [6.07, 6.45) is 1.67. The molecule has 1 aliphatic rings. The first-order valence-corrected chi connectivity index (χ1v) is 6.39. The van der Waals surface area contributed by atoms with Gasteiger partial charge in [0.25, 0.3) is 0 Å². The number of aromatic nitrogens is 2. The van der Waals surface area contributed by atoms with Crippen LogP contribution < -0.4 is 5.73 Å². The molecule has 1 aromatic heterocycles. The molecule has 0 amide bonds. The maximum atomic E-state index is 11.1. The standard InChI is InChI=1S/C13H12ClN3O3/c14-12-7(13(18)19)2-1-3-10(12)17-11-6-20-5-9(15)8(11)4-16-17/h1-4,9H,5-6,15H2,(H,18,19). The van der Waals surface area contributed by atoms with E-state index in [9.17, 15) is 4.79 Å². The summed E-state index contributed by atoms with van der Waals surface area (Å²) in [6, 6.07) is 4.56. The highest BCUT2D eigenvalue weighted by molar-refractivity contribution is 6.35. The predicted octanol–water partition coefficient (Wildman–Crippen LogP) is 1.75. The number of carboxylic acids is 1. The van der Waals surface area contributed by atoms with Gasteiger partial charge >= 0.3 is 5.97 Å². The van der Waals surface area contributed by atoms with Gasteiger partial charge in [-0.25, -0.2) is 9.48 Å². The SMILES string of the molecule is NC1COCc2c1cnn2-c1cccc(C(=O)O)c1Cl. The number of ether oxygens (including phenoxy) is 1. The van der Waals surface area contributed by atoms with Crippen LogP contribution in [-0.4, -0.2) is 27.5 Å². The van der Waals surface area contributed by atoms with Gasteiger partial charge in [-0.15, -0.1) is 0 Å². The molecule has 7 heteroatoms. The van der Waals surface area contributed by atoms with E-state index in [1.807, 2.05) is 0 Å². The minimum absolute atomic E-state index is 0.0365. The van der Waals surface area contributed by atoms with E-state index in [0.717, 1.165) is 11.3 Å². The molecule has 0 saturated heterocycles. The number of aromatic carboxylic acids is 1. The molecule has 1 atom stereocenters. The van der Waals surface area contributed by atoms with Gasteiger partial charge in [-0.2, -0.15) is 5.10 Å². The summed E-state index contributed by atoms with van der Waals surface area (Å²) < 4.78 is 6.99. The average Bonchev–Trinajstić information content (AvgIpc) is 2.84. The van der Waals surface area contributed by atoms with Crippen molar-refractivity contribution >= 4 is 17.6 Å². The first kappa shape index (κ1) is 13.1. The van der Waals surface area contributed by atoms with Crippen LogP contribution in [0.2, 0.25) is 5.02 Å². The number of nitrogens with two attached hydrogens (primary N) is 1. The molecule has 0 saturated carbocycles. The summed E-state index contributed by atoms with van der Waals surface area (Å²) >= 11 is 6.16. The van der Waals surface area contributed by atoms with Crippen LogP contribution in [0.3, 0.4) is 0 Å². The summed E-state index contributed by atoms with van der Waals surface area (Å²) in [5.74, 6) is -1.08. The highest BCUT2D eigenvalue weighted by Gasteiger charge is 2.24. The number of hydrogen-bond acceptors (Lipinski definition) is 4. The zero-order valence-electron chi connectivity index (χ0n) is 10.4. The monoisotopic (exact) mass is 293 g/mol. The molecule has 1 aromatic carbocycles. The summed E-state index contributed by atoms with van der Waals surface area (Å²) in [5, 5.41) is 13.5. The van der Waals surface area contributed by atoms with Crippen LogP contribution in [0.1, 0.15) is 27.7 Å². The molecule has 2 heterocycles. The van der Waals surface area contributed by atoms with Crippen molar-refractivity contribution in [1.29, 1.82) is 0 Å². The van der Waals surface area contributed by atoms with E-state index in [1.54, 1.807) is 23.0 Å². The zero-order chi connectivity index (χ0) is 14.3. The molecular weight excluding hydrogens is 282 g/mol. The van der Waals surface area contributed by atoms with Crippen molar-refractivity contribution in [2.75, 3.05) is 6.61 Å². The lowest BCUT2D eigenvalue weighted by molar-refractivity contribution is 0.0697. The van der Waals surface area contributed by atoms with Gasteiger partial charge in [0.15, 0.2) is 0 Å². The van der Waals surface area contributed by atoms with Crippen LogP contribution in [0, 0.1) is 0 Å². The quantitative estimate of drug-likeness (QED) is 0.880. The lowest BCUT2D eigenvalue weighted by Crippen LogP contribution is -2.24. The van der Waals surface area contributed by atoms with Gasteiger partial charge in [-0.3, -0.25) is 0 Å². The molecule has 1 aliphatic heterocycles. The average molecular weight is 294 g/mol. The second kappa shape index (κ2) is 4.90. The summed E-state index contributed by atoms with van der Waals surface area (Å²) in [5.41, 5.74) is 8.19. The number of hydrogen-bond donors (Lipinski definition) is 2. The van der Waals surface area contributed by atoms with Crippen LogP contribution in [0.4, 0.5) is 0 Å². The first-order valence-electron chi connectivity index (χ1n) is 6.02. The number of benzene rings is 1. The van der Waals surface area contributed by atoms with E-state index in [4.69, 9.17) is 27.2 Å². The summed E-state index contributed by atoms with van der Waals surface area (Å²) in [4.78, 5) is 11.1. The molecule has 104 valence electrons. The Hall–Kier alpha value is -1.89. The fourth-order valence-corrected chi connectivity index (χ4v) is 2.56. The van der Waals surface area contributed by atoms with Gasteiger partial charge in [0.2, 0.25) is 0 Å². The summed E-state index contributed by atoms with van der Waals surface area (Å²) in [6.45, 7) is 0.818. The Morgan fingerprint density at radius 1 is 1.55 bits per heavy atom. The fraction of sp³-hybridized carbons (Fsp3) is 0.231. The smallest absolute Gasteiger partial charge is 0.337 e. The molecule has 3 rings (SSSR count). The number of rotatable bonds is 2. The van der Waals surface area contributed by atoms with Gasteiger partial charge in [-0.05, 0) is 12.1 Å². The molecular formula is C13H12ClN3O3. The Balaban J connectivity index is 2.15. The van der Waals surface area contributed by atoms with Crippen LogP contribution in [0.25, 0.3) is 5.69 Å². The van der Waals surface area contributed by atoms with Crippen molar-refractivity contribution in [1.82, 2.24) is 9.78 Å². The van der Waals surface area contributed by atoms with Crippen LogP contribution in [-0.2, 0) is 11.3 Å². The lowest BCUT2D eigenvalue weighted by atomic mass is 10.1. The highest BCUT2D eigenvalue weighted by Crippen LogP contribution is 2.29. The van der Waals surface area contributed by atoms with Gasteiger partial charge in [0.05, 0.1) is 47.4 Å². The Kier molecular flexibility index (Phi) is 3.21. The number of carbonyl (C=O) groups is 1. The molecule has 0 bridgehead atoms. The van der Waals surface area contributed by atoms with Gasteiger partial charge in [0.1, 0.15) is 0 Å². The molecule has 0 spiro atoms. The van der Waals surface area contributed by atoms with E-state index in [2.05, 4.69) is 5.10 Å². The van der Waals surface area contributed by atoms with Crippen molar-refractivity contribution in [3.8, 4) is 5.69 Å². The number of nitrogens with zero attached hydrogens (tertiary/aromatic N) is 2. The number of carboxylic acid groups (broad SMARTS) is 1. The summed E-state index contributed by atoms with van der Waals surface area (Å²) in [7, 11) is 0. The third-order valence-electron chi connectivity index (χ3n) is 3.27. The van der Waals surface area contributed by atoms with E-state index in [0.29, 0.717) is 18.9 Å². The van der Waals surface area contributed by atoms with Gasteiger partial charge in [-0.1, -0.05) is 17.7 Å². The second-order valence-electron chi connectivity index (χ2n) is 4.52. The number of halogens is 1. The van der Waals surface area contributed by atoms with E-state index in [-0.39, 0.29) is 16.6 Å². The van der Waals surface area contributed by atoms with Crippen LogP contribution >= 0.6 is 11.6 Å². The highest BCUT2D eigenvalue weighted by atomic mass is 35.5. The second-order valence-corrected chi connectivity index (χ2v) is 4.90. The molecule has 6 nitrogen and oxygen atoms in total. The maximum Gasteiger partial charge on any atom is 0.337 e. The van der Waals surface area contributed by atoms with Crippen molar-refractivity contribution in [3.63, 3.8) is 0 Å². The predicted molar refractivity (Wildman–Crippen MR) is 72.1 cm³/mol. The molecule has 0 fully saturated rings. The van der Waals surface area contributed by atoms with E-state index < -0.39 is 5.97 Å². The Morgan fingerprint density at radius 3 is 3.10 bits per heavy atom. The third kappa shape index (κ3) is 1.98. The molecule has 0 aliphatic carbocycles. The molecule has 0 radical (unpaired) electrons. The van der Waals surface area contributed by atoms with Gasteiger partial charge < -0.3 is 15.6 Å². The molecule has 3 N–H and O–H groups in total. The largest absolute Gasteiger partial charge is 0.478 e. The minimum atomic E-state index is -1.08. The Morgan fingerprint density at radius 2 is 2.35 bits per heavy atom. The first-order chi connectivity index (χ1) is 9.59. The lowest BCUT2D eigenvalue weighted by Gasteiger charge is -2.20. The Bertz CT molecular complexity index is 683. The maximum absolute atomic E-state index is 11.1. The van der Waals surface area contributed by atoms with Crippen molar-refractivity contribution in [2.24, 2.45) is 5.73 Å². The minimum Gasteiger partial charge on any atom is -0.478 e. The molecule has 1 unspecified atom stereocenters. The third-order valence-corrected chi connectivity index (χ3v) is 3.67.